The topological polar surface area (TPSA) is 42.0 Å². The molecular formula is C16H14N2OS3. The number of thiazole rings is 1. The van der Waals surface area contributed by atoms with Crippen molar-refractivity contribution >= 4 is 45.0 Å². The lowest BCUT2D eigenvalue weighted by atomic mass is 9.85. The average molecular weight is 347 g/mol. The number of aromatic nitrogens is 1. The van der Waals surface area contributed by atoms with Gasteiger partial charge in [-0.15, -0.1) is 22.7 Å². The third-order valence-electron chi connectivity index (χ3n) is 3.83. The average Bonchev–Trinajstić information content (AvgIpc) is 3.18. The first-order valence-corrected chi connectivity index (χ1v) is 9.78. The Morgan fingerprint density at radius 3 is 2.45 bits per heavy atom. The van der Waals surface area contributed by atoms with Crippen molar-refractivity contribution in [1.82, 2.24) is 4.98 Å². The zero-order chi connectivity index (χ0) is 14.9. The maximum Gasteiger partial charge on any atom is 0.229 e. The van der Waals surface area contributed by atoms with Crippen molar-refractivity contribution in [3.63, 3.8) is 0 Å². The predicted molar refractivity (Wildman–Crippen MR) is 94.7 cm³/mol. The Bertz CT molecular complexity index is 719. The van der Waals surface area contributed by atoms with Gasteiger partial charge in [-0.3, -0.25) is 4.79 Å². The number of amides is 1. The summed E-state index contributed by atoms with van der Waals surface area (Å²) in [6.07, 6.45) is 3.18. The molecule has 0 spiro atoms. The van der Waals surface area contributed by atoms with E-state index >= 15 is 0 Å². The van der Waals surface area contributed by atoms with Gasteiger partial charge < -0.3 is 5.32 Å². The number of thiophene rings is 2. The molecule has 1 aliphatic carbocycles. The second-order valence-electron chi connectivity index (χ2n) is 5.27. The molecule has 0 atom stereocenters. The van der Waals surface area contributed by atoms with Crippen molar-refractivity contribution in [3.05, 3.63) is 35.0 Å². The van der Waals surface area contributed by atoms with Crippen LogP contribution in [0.25, 0.3) is 20.3 Å². The molecule has 6 heteroatoms. The molecule has 3 aromatic heterocycles. The van der Waals surface area contributed by atoms with Crippen molar-refractivity contribution in [2.75, 3.05) is 5.32 Å². The number of hydrogen-bond acceptors (Lipinski definition) is 5. The molecule has 4 rings (SSSR count). The van der Waals surface area contributed by atoms with Crippen LogP contribution >= 0.6 is 34.0 Å². The highest BCUT2D eigenvalue weighted by Gasteiger charge is 2.26. The summed E-state index contributed by atoms with van der Waals surface area (Å²) >= 11 is 4.95. The quantitative estimate of drug-likeness (QED) is 0.693. The van der Waals surface area contributed by atoms with E-state index in [-0.39, 0.29) is 11.8 Å². The lowest BCUT2D eigenvalue weighted by molar-refractivity contribution is -0.122. The number of rotatable bonds is 4. The normalized spacial score (nSPS) is 14.7. The van der Waals surface area contributed by atoms with Gasteiger partial charge >= 0.3 is 0 Å². The van der Waals surface area contributed by atoms with Crippen LogP contribution in [0.1, 0.15) is 19.3 Å². The van der Waals surface area contributed by atoms with Crippen molar-refractivity contribution in [2.45, 2.75) is 19.3 Å². The molecule has 22 heavy (non-hydrogen) atoms. The lowest BCUT2D eigenvalue weighted by Gasteiger charge is -2.23. The zero-order valence-corrected chi connectivity index (χ0v) is 14.2. The molecule has 0 unspecified atom stereocenters. The third-order valence-corrected chi connectivity index (χ3v) is 6.73. The van der Waals surface area contributed by atoms with Crippen LogP contribution < -0.4 is 5.32 Å². The van der Waals surface area contributed by atoms with Crippen LogP contribution in [0.4, 0.5) is 5.13 Å². The number of nitrogens with zero attached hydrogens (tertiary/aromatic N) is 1. The minimum atomic E-state index is 0.121. The smallest absolute Gasteiger partial charge is 0.229 e. The monoisotopic (exact) mass is 346 g/mol. The Morgan fingerprint density at radius 2 is 1.86 bits per heavy atom. The van der Waals surface area contributed by atoms with Gasteiger partial charge in [0, 0.05) is 10.8 Å². The fraction of sp³-hybridized carbons (Fsp3) is 0.250. The molecule has 0 aliphatic heterocycles. The first-order chi connectivity index (χ1) is 10.8. The summed E-state index contributed by atoms with van der Waals surface area (Å²) < 4.78 is 0. The van der Waals surface area contributed by atoms with Crippen LogP contribution in [0.2, 0.25) is 0 Å². The van der Waals surface area contributed by atoms with Crippen molar-refractivity contribution in [2.24, 2.45) is 5.92 Å². The third kappa shape index (κ3) is 2.62. The van der Waals surface area contributed by atoms with Gasteiger partial charge in [-0.05, 0) is 35.7 Å². The van der Waals surface area contributed by atoms with Gasteiger partial charge in [0.15, 0.2) is 5.13 Å². The van der Waals surface area contributed by atoms with E-state index in [4.69, 9.17) is 4.98 Å². The lowest BCUT2D eigenvalue weighted by Crippen LogP contribution is -2.27. The van der Waals surface area contributed by atoms with Crippen LogP contribution in [0.5, 0.6) is 0 Å². The van der Waals surface area contributed by atoms with Crippen LogP contribution in [-0.2, 0) is 4.79 Å². The number of anilines is 1. The summed E-state index contributed by atoms with van der Waals surface area (Å²) in [6, 6.07) is 8.26. The summed E-state index contributed by atoms with van der Waals surface area (Å²) in [4.78, 5) is 20.3. The largest absolute Gasteiger partial charge is 0.302 e. The molecule has 1 aliphatic rings. The van der Waals surface area contributed by atoms with Crippen LogP contribution in [0, 0.1) is 5.92 Å². The first-order valence-electron chi connectivity index (χ1n) is 7.21. The van der Waals surface area contributed by atoms with Crippen LogP contribution in [-0.4, -0.2) is 10.9 Å². The highest BCUT2D eigenvalue weighted by Crippen LogP contribution is 2.42. The molecular weight excluding hydrogens is 332 g/mol. The van der Waals surface area contributed by atoms with Gasteiger partial charge in [-0.1, -0.05) is 29.9 Å². The molecule has 3 aromatic rings. The van der Waals surface area contributed by atoms with E-state index in [1.165, 1.54) is 4.88 Å². The summed E-state index contributed by atoms with van der Waals surface area (Å²) in [5.74, 6) is 0.301. The van der Waals surface area contributed by atoms with E-state index in [1.807, 2.05) is 12.1 Å². The number of hydrogen-bond donors (Lipinski definition) is 1. The van der Waals surface area contributed by atoms with Gasteiger partial charge in [0.05, 0.1) is 9.75 Å². The molecule has 1 amide bonds. The highest BCUT2D eigenvalue weighted by atomic mass is 32.1. The van der Waals surface area contributed by atoms with Crippen LogP contribution in [0.3, 0.4) is 0 Å². The predicted octanol–water partition coefficient (Wildman–Crippen LogP) is 5.34. The molecule has 1 fully saturated rings. The molecule has 0 bridgehead atoms. The Balaban J connectivity index is 1.68. The number of carbonyl (C=O) groups excluding carboxylic acids is 1. The Kier molecular flexibility index (Phi) is 3.82. The summed E-state index contributed by atoms with van der Waals surface area (Å²) in [7, 11) is 0. The Labute approximate surface area is 140 Å². The highest BCUT2D eigenvalue weighted by molar-refractivity contribution is 7.24. The maximum atomic E-state index is 12.1. The maximum absolute atomic E-state index is 12.1. The summed E-state index contributed by atoms with van der Waals surface area (Å²) in [6.45, 7) is 0. The first kappa shape index (κ1) is 14.1. The molecule has 0 saturated heterocycles. The molecule has 112 valence electrons. The second-order valence-corrected chi connectivity index (χ2v) is 8.16. The summed E-state index contributed by atoms with van der Waals surface area (Å²) in [5.41, 5.74) is 0.978. The van der Waals surface area contributed by atoms with Gasteiger partial charge in [-0.25, -0.2) is 4.98 Å². The Morgan fingerprint density at radius 1 is 1.14 bits per heavy atom. The molecule has 3 heterocycles. The fourth-order valence-electron chi connectivity index (χ4n) is 2.41. The number of carbonyl (C=O) groups is 1. The van der Waals surface area contributed by atoms with E-state index in [1.54, 1.807) is 34.0 Å². The SMILES string of the molecule is O=C(Nc1nc(-c2cccs2)c(-c2cccs2)s1)C1CCC1. The van der Waals surface area contributed by atoms with Gasteiger partial charge in [0.25, 0.3) is 0 Å². The molecule has 3 nitrogen and oxygen atoms in total. The molecule has 0 radical (unpaired) electrons. The van der Waals surface area contributed by atoms with E-state index in [9.17, 15) is 4.79 Å². The zero-order valence-electron chi connectivity index (χ0n) is 11.7. The van der Waals surface area contributed by atoms with Crippen molar-refractivity contribution < 1.29 is 4.79 Å². The number of nitrogens with one attached hydrogen (secondary N) is 1. The van der Waals surface area contributed by atoms with Gasteiger partial charge in [0.1, 0.15) is 5.69 Å². The molecule has 0 aromatic carbocycles. The van der Waals surface area contributed by atoms with E-state index < -0.39 is 0 Å². The minimum absolute atomic E-state index is 0.121. The fourth-order valence-corrected chi connectivity index (χ4v) is 5.03. The van der Waals surface area contributed by atoms with E-state index in [0.717, 1.165) is 34.7 Å². The van der Waals surface area contributed by atoms with Crippen molar-refractivity contribution in [1.29, 1.82) is 0 Å². The van der Waals surface area contributed by atoms with E-state index in [2.05, 4.69) is 28.2 Å². The summed E-state index contributed by atoms with van der Waals surface area (Å²) in [5, 5.41) is 7.84. The standard InChI is InChI=1S/C16H14N2OS3/c19-15(10-4-1-5-10)18-16-17-13(11-6-2-8-20-11)14(22-16)12-7-3-9-21-12/h2-3,6-10H,1,4-5H2,(H,17,18,19). The van der Waals surface area contributed by atoms with Gasteiger partial charge in [-0.2, -0.15) is 0 Å². The molecule has 1 N–H and O–H groups in total. The minimum Gasteiger partial charge on any atom is -0.302 e. The second kappa shape index (κ2) is 5.95. The van der Waals surface area contributed by atoms with Gasteiger partial charge in [0.2, 0.25) is 5.91 Å². The van der Waals surface area contributed by atoms with E-state index in [0.29, 0.717) is 5.13 Å². The Hall–Kier alpha value is -1.50. The van der Waals surface area contributed by atoms with Crippen LogP contribution in [0.15, 0.2) is 35.0 Å². The van der Waals surface area contributed by atoms with Crippen molar-refractivity contribution in [3.8, 4) is 20.3 Å². The molecule has 1 saturated carbocycles.